The Morgan fingerprint density at radius 2 is 1.65 bits per heavy atom. The molecule has 0 saturated heterocycles. The Balaban J connectivity index is 1.11. The molecular formula is C28H21FN4O4. The average Bonchev–Trinajstić information content (AvgIpc) is 3.17. The minimum atomic E-state index is -0.429. The van der Waals surface area contributed by atoms with Gasteiger partial charge in [-0.3, -0.25) is 19.3 Å². The smallest absolute Gasteiger partial charge is 0.262 e. The van der Waals surface area contributed by atoms with Crippen molar-refractivity contribution in [3.05, 3.63) is 102 Å². The number of hydrogen-bond donors (Lipinski definition) is 2. The fourth-order valence-corrected chi connectivity index (χ4v) is 4.02. The van der Waals surface area contributed by atoms with Crippen LogP contribution in [0.4, 0.5) is 15.8 Å². The van der Waals surface area contributed by atoms with Gasteiger partial charge < -0.3 is 10.1 Å². The second-order valence-corrected chi connectivity index (χ2v) is 8.28. The van der Waals surface area contributed by atoms with Crippen LogP contribution in [0.5, 0.6) is 5.75 Å². The maximum absolute atomic E-state index is 12.9. The van der Waals surface area contributed by atoms with E-state index in [0.29, 0.717) is 28.3 Å². The Morgan fingerprint density at radius 1 is 0.919 bits per heavy atom. The lowest BCUT2D eigenvalue weighted by Gasteiger charge is -2.16. The first-order valence-electron chi connectivity index (χ1n) is 11.4. The Morgan fingerprint density at radius 3 is 2.41 bits per heavy atom. The normalized spacial score (nSPS) is 12.2. The number of carbonyl (C=O) groups excluding carboxylic acids is 3. The van der Waals surface area contributed by atoms with Gasteiger partial charge >= 0.3 is 0 Å². The molecule has 3 amide bonds. The molecule has 0 atom stereocenters. The van der Waals surface area contributed by atoms with Crippen molar-refractivity contribution in [1.82, 2.24) is 5.43 Å². The first kappa shape index (κ1) is 23.7. The number of nitrogens with one attached hydrogen (secondary N) is 2. The number of benzene rings is 4. The lowest BCUT2D eigenvalue weighted by molar-refractivity contribution is -0.120. The zero-order chi connectivity index (χ0) is 25.8. The average molecular weight is 496 g/mol. The van der Waals surface area contributed by atoms with Crippen LogP contribution in [0.2, 0.25) is 0 Å². The predicted molar refractivity (Wildman–Crippen MR) is 138 cm³/mol. The summed E-state index contributed by atoms with van der Waals surface area (Å²) in [5.41, 5.74) is 4.90. The second-order valence-electron chi connectivity index (χ2n) is 8.28. The van der Waals surface area contributed by atoms with Crippen molar-refractivity contribution < 1.29 is 23.5 Å². The zero-order valence-corrected chi connectivity index (χ0v) is 19.5. The number of amides is 3. The molecule has 1 aliphatic rings. The molecule has 0 bridgehead atoms. The molecule has 37 heavy (non-hydrogen) atoms. The number of ether oxygens (including phenoxy) is 1. The molecule has 2 N–H and O–H groups in total. The van der Waals surface area contributed by atoms with E-state index in [4.69, 9.17) is 4.74 Å². The molecule has 0 spiro atoms. The zero-order valence-electron chi connectivity index (χ0n) is 19.5. The van der Waals surface area contributed by atoms with Gasteiger partial charge in [0.1, 0.15) is 18.1 Å². The summed E-state index contributed by atoms with van der Waals surface area (Å²) < 4.78 is 18.4. The Bertz CT molecular complexity index is 1510. The first-order chi connectivity index (χ1) is 18.0. The number of nitrogens with zero attached hydrogens (tertiary/aromatic N) is 2. The number of carbonyl (C=O) groups is 3. The van der Waals surface area contributed by atoms with E-state index < -0.39 is 5.91 Å². The van der Waals surface area contributed by atoms with Crippen molar-refractivity contribution in [2.75, 3.05) is 23.4 Å². The lowest BCUT2D eigenvalue weighted by atomic mass is 10.1. The van der Waals surface area contributed by atoms with E-state index in [0.717, 1.165) is 10.8 Å². The minimum Gasteiger partial charge on any atom is -0.484 e. The van der Waals surface area contributed by atoms with Gasteiger partial charge in [0, 0.05) is 16.6 Å². The maximum atomic E-state index is 12.9. The summed E-state index contributed by atoms with van der Waals surface area (Å²) >= 11 is 0. The summed E-state index contributed by atoms with van der Waals surface area (Å²) in [6, 6.07) is 23.3. The minimum absolute atomic E-state index is 0.156. The van der Waals surface area contributed by atoms with Crippen LogP contribution in [0, 0.1) is 5.82 Å². The molecule has 8 nitrogen and oxygen atoms in total. The van der Waals surface area contributed by atoms with Crippen molar-refractivity contribution in [2.45, 2.75) is 0 Å². The van der Waals surface area contributed by atoms with Gasteiger partial charge in [0.15, 0.2) is 6.61 Å². The molecule has 0 aliphatic carbocycles. The molecule has 1 heterocycles. The van der Waals surface area contributed by atoms with Gasteiger partial charge in [-0.2, -0.15) is 5.10 Å². The molecule has 0 aromatic heterocycles. The van der Waals surface area contributed by atoms with E-state index in [1.165, 1.54) is 35.4 Å². The van der Waals surface area contributed by atoms with Crippen LogP contribution in [0.3, 0.4) is 0 Å². The lowest BCUT2D eigenvalue weighted by Crippen LogP contribution is -2.37. The van der Waals surface area contributed by atoms with E-state index in [1.807, 2.05) is 30.3 Å². The summed E-state index contributed by atoms with van der Waals surface area (Å²) in [5.74, 6) is -0.940. The molecule has 9 heteroatoms. The fraction of sp³-hybridized carbons (Fsp3) is 0.0714. The first-order valence-corrected chi connectivity index (χ1v) is 11.4. The Kier molecular flexibility index (Phi) is 6.58. The van der Waals surface area contributed by atoms with Crippen LogP contribution in [0.15, 0.2) is 90.0 Å². The van der Waals surface area contributed by atoms with Crippen LogP contribution in [0.1, 0.15) is 15.9 Å². The van der Waals surface area contributed by atoms with Crippen molar-refractivity contribution in [2.24, 2.45) is 5.10 Å². The molecule has 0 unspecified atom stereocenters. The van der Waals surface area contributed by atoms with E-state index in [1.54, 1.807) is 30.3 Å². The molecule has 0 radical (unpaired) electrons. The van der Waals surface area contributed by atoms with Gasteiger partial charge in [-0.15, -0.1) is 0 Å². The number of hydrazone groups is 1. The third-order valence-corrected chi connectivity index (χ3v) is 5.73. The van der Waals surface area contributed by atoms with Crippen LogP contribution >= 0.6 is 0 Å². The highest BCUT2D eigenvalue weighted by Crippen LogP contribution is 2.36. The van der Waals surface area contributed by atoms with E-state index in [2.05, 4.69) is 15.8 Å². The Hall–Kier alpha value is -5.05. The summed E-state index contributed by atoms with van der Waals surface area (Å²) in [4.78, 5) is 38.7. The van der Waals surface area contributed by atoms with Gasteiger partial charge in [0.2, 0.25) is 0 Å². The molecule has 1 aliphatic heterocycles. The van der Waals surface area contributed by atoms with Crippen molar-refractivity contribution in [3.63, 3.8) is 0 Å². The van der Waals surface area contributed by atoms with Crippen LogP contribution < -0.4 is 20.4 Å². The number of anilines is 2. The van der Waals surface area contributed by atoms with Crippen LogP contribution in [0.25, 0.3) is 10.8 Å². The molecule has 0 saturated carbocycles. The maximum Gasteiger partial charge on any atom is 0.262 e. The van der Waals surface area contributed by atoms with E-state index >= 15 is 0 Å². The number of halogens is 1. The quantitative estimate of drug-likeness (QED) is 0.283. The Labute approximate surface area is 211 Å². The topological polar surface area (TPSA) is 100 Å². The van der Waals surface area contributed by atoms with Gasteiger partial charge in [-0.1, -0.05) is 24.3 Å². The highest BCUT2D eigenvalue weighted by Gasteiger charge is 2.30. The molecule has 184 valence electrons. The van der Waals surface area contributed by atoms with E-state index in [-0.39, 0.29) is 30.8 Å². The fourth-order valence-electron chi connectivity index (χ4n) is 4.02. The molecule has 5 rings (SSSR count). The monoisotopic (exact) mass is 496 g/mol. The highest BCUT2D eigenvalue weighted by molar-refractivity contribution is 6.26. The van der Waals surface area contributed by atoms with Crippen molar-refractivity contribution in [1.29, 1.82) is 0 Å². The van der Waals surface area contributed by atoms with Crippen molar-refractivity contribution >= 4 is 46.1 Å². The van der Waals surface area contributed by atoms with E-state index in [9.17, 15) is 18.8 Å². The molecule has 4 aromatic carbocycles. The van der Waals surface area contributed by atoms with Crippen LogP contribution in [-0.2, 0) is 9.59 Å². The summed E-state index contributed by atoms with van der Waals surface area (Å²) in [6.45, 7) is -0.371. The molecular weight excluding hydrogens is 475 g/mol. The number of rotatable bonds is 8. The summed E-state index contributed by atoms with van der Waals surface area (Å²) in [5, 5.41) is 8.38. The van der Waals surface area contributed by atoms with Crippen molar-refractivity contribution in [3.8, 4) is 5.75 Å². The predicted octanol–water partition coefficient (Wildman–Crippen LogP) is 4.11. The summed E-state index contributed by atoms with van der Waals surface area (Å²) in [7, 11) is 0. The standard InChI is InChI=1S/C28H21FN4O4/c29-20-9-11-21(12-10-20)31-26(35)17-37-22-13-7-18(8-14-22)15-30-32-25(34)16-33-24-6-2-4-19-3-1-5-23(27(19)24)28(33)36/h1-15H,16-17H2,(H,31,35)(H,32,34)/b30-15+. The largest absolute Gasteiger partial charge is 0.484 e. The van der Waals surface area contributed by atoms with Crippen LogP contribution in [-0.4, -0.2) is 37.1 Å². The third-order valence-electron chi connectivity index (χ3n) is 5.73. The molecule has 0 fully saturated rings. The highest BCUT2D eigenvalue weighted by atomic mass is 19.1. The summed E-state index contributed by atoms with van der Waals surface area (Å²) in [6.07, 6.45) is 1.46. The second kappa shape index (κ2) is 10.3. The number of hydrogen-bond acceptors (Lipinski definition) is 5. The van der Waals surface area contributed by atoms with Gasteiger partial charge in [-0.05, 0) is 71.6 Å². The van der Waals surface area contributed by atoms with Gasteiger partial charge in [-0.25, -0.2) is 9.82 Å². The van der Waals surface area contributed by atoms with Gasteiger partial charge in [0.25, 0.3) is 17.7 Å². The molecule has 4 aromatic rings. The SMILES string of the molecule is O=C(CN1C(=O)c2cccc3cccc1c23)N/N=C/c1ccc(OCC(=O)Nc2ccc(F)cc2)cc1. The third kappa shape index (κ3) is 5.30. The van der Waals surface area contributed by atoms with Gasteiger partial charge in [0.05, 0.1) is 11.9 Å².